The Kier molecular flexibility index (Phi) is 6.51. The molecule has 172 valence electrons. The Labute approximate surface area is 197 Å². The van der Waals surface area contributed by atoms with Crippen molar-refractivity contribution in [3.8, 4) is 0 Å². The predicted molar refractivity (Wildman–Crippen MR) is 125 cm³/mol. The number of carbonyl (C=O) groups excluding carboxylic acids is 1. The van der Waals surface area contributed by atoms with E-state index >= 15 is 0 Å². The van der Waals surface area contributed by atoms with Crippen LogP contribution >= 0.6 is 23.2 Å². The summed E-state index contributed by atoms with van der Waals surface area (Å²) in [5.74, 6) is 0.792. The van der Waals surface area contributed by atoms with Crippen LogP contribution in [0.5, 0.6) is 0 Å². The Hall–Kier alpha value is -2.10. The Morgan fingerprint density at radius 2 is 1.78 bits per heavy atom. The van der Waals surface area contributed by atoms with Crippen molar-refractivity contribution < 1.29 is 13.2 Å². The number of pyridine rings is 2. The molecule has 1 amide bonds. The third-order valence-corrected chi connectivity index (χ3v) is 7.50. The zero-order chi connectivity index (χ0) is 23.0. The van der Waals surface area contributed by atoms with Gasteiger partial charge < -0.3 is 15.1 Å². The van der Waals surface area contributed by atoms with E-state index in [1.54, 1.807) is 12.3 Å². The monoisotopic (exact) mass is 497 g/mol. The van der Waals surface area contributed by atoms with Crippen LogP contribution in [0.15, 0.2) is 29.6 Å². The molecule has 0 spiro atoms. The standard InChI is InChI=1S/C21H25Cl2N5O3S/c1-13-9-19(32(2,30)31)24-12-18(13)26-17-5-8-28(21(17)29)15-3-6-27(7-4-15)20-16(23)10-14(22)11-25-20/h9-12,15,17,26H,3-8H2,1-2H3. The van der Waals surface area contributed by atoms with Crippen molar-refractivity contribution in [3.63, 3.8) is 0 Å². The van der Waals surface area contributed by atoms with Crippen molar-refractivity contribution >= 4 is 50.5 Å². The first-order valence-electron chi connectivity index (χ1n) is 10.4. The number of nitrogens with zero attached hydrogens (tertiary/aromatic N) is 4. The molecule has 0 bridgehead atoms. The molecule has 2 fully saturated rings. The largest absolute Gasteiger partial charge is 0.372 e. The van der Waals surface area contributed by atoms with Crippen LogP contribution in [-0.4, -0.2) is 67.2 Å². The van der Waals surface area contributed by atoms with Crippen LogP contribution in [0.3, 0.4) is 0 Å². The number of nitrogens with one attached hydrogen (secondary N) is 1. The van der Waals surface area contributed by atoms with Crippen LogP contribution in [0, 0.1) is 6.92 Å². The van der Waals surface area contributed by atoms with Gasteiger partial charge in [-0.05, 0) is 43.9 Å². The van der Waals surface area contributed by atoms with E-state index in [9.17, 15) is 13.2 Å². The summed E-state index contributed by atoms with van der Waals surface area (Å²) in [5, 5.41) is 4.32. The fourth-order valence-corrected chi connectivity index (χ4v) is 5.43. The van der Waals surface area contributed by atoms with E-state index in [0.717, 1.165) is 43.6 Å². The third-order valence-electron chi connectivity index (χ3n) is 6.03. The summed E-state index contributed by atoms with van der Waals surface area (Å²) in [6.07, 6.45) is 6.57. The van der Waals surface area contributed by atoms with Gasteiger partial charge >= 0.3 is 0 Å². The Morgan fingerprint density at radius 3 is 2.41 bits per heavy atom. The van der Waals surface area contributed by atoms with Gasteiger partial charge in [-0.2, -0.15) is 0 Å². The molecule has 32 heavy (non-hydrogen) atoms. The lowest BCUT2D eigenvalue weighted by atomic mass is 10.0. The Balaban J connectivity index is 1.37. The second-order valence-electron chi connectivity index (χ2n) is 8.30. The number of anilines is 2. The smallest absolute Gasteiger partial charge is 0.245 e. The quantitative estimate of drug-likeness (QED) is 0.677. The van der Waals surface area contributed by atoms with E-state index in [1.807, 2.05) is 11.8 Å². The van der Waals surface area contributed by atoms with Crippen molar-refractivity contribution in [2.75, 3.05) is 36.1 Å². The van der Waals surface area contributed by atoms with E-state index < -0.39 is 9.84 Å². The lowest BCUT2D eigenvalue weighted by Crippen LogP contribution is -2.47. The summed E-state index contributed by atoms with van der Waals surface area (Å²) in [6.45, 7) is 4.02. The van der Waals surface area contributed by atoms with E-state index in [0.29, 0.717) is 28.7 Å². The third kappa shape index (κ3) is 4.79. The zero-order valence-corrected chi connectivity index (χ0v) is 20.2. The maximum atomic E-state index is 13.1. The second kappa shape index (κ2) is 9.03. The lowest BCUT2D eigenvalue weighted by molar-refractivity contribution is -0.130. The lowest BCUT2D eigenvalue weighted by Gasteiger charge is -2.37. The molecule has 8 nitrogen and oxygen atoms in total. The summed E-state index contributed by atoms with van der Waals surface area (Å²) in [6, 6.07) is 3.05. The first-order valence-corrected chi connectivity index (χ1v) is 13.1. The highest BCUT2D eigenvalue weighted by Gasteiger charge is 2.37. The number of carbonyl (C=O) groups is 1. The number of hydrogen-bond donors (Lipinski definition) is 1. The van der Waals surface area contributed by atoms with Crippen LogP contribution < -0.4 is 10.2 Å². The van der Waals surface area contributed by atoms with Gasteiger partial charge in [0.15, 0.2) is 14.9 Å². The van der Waals surface area contributed by atoms with Crippen LogP contribution in [0.4, 0.5) is 11.5 Å². The van der Waals surface area contributed by atoms with Crippen molar-refractivity contribution in [2.45, 2.75) is 43.3 Å². The number of piperidine rings is 1. The number of hydrogen-bond acceptors (Lipinski definition) is 7. The van der Waals surface area contributed by atoms with Gasteiger partial charge in [-0.15, -0.1) is 0 Å². The molecule has 2 aliphatic rings. The molecule has 2 aromatic rings. The van der Waals surface area contributed by atoms with Gasteiger partial charge in [0.2, 0.25) is 5.91 Å². The average molecular weight is 498 g/mol. The van der Waals surface area contributed by atoms with Crippen molar-refractivity contribution in [1.29, 1.82) is 0 Å². The van der Waals surface area contributed by atoms with Gasteiger partial charge in [-0.3, -0.25) is 4.79 Å². The molecule has 0 saturated carbocycles. The molecule has 2 aliphatic heterocycles. The molecule has 2 saturated heterocycles. The number of likely N-dealkylation sites (tertiary alicyclic amines) is 1. The molecular weight excluding hydrogens is 473 g/mol. The molecule has 1 N–H and O–H groups in total. The van der Waals surface area contributed by atoms with Gasteiger partial charge in [0.05, 0.1) is 21.9 Å². The molecule has 2 aromatic heterocycles. The van der Waals surface area contributed by atoms with Gasteiger partial charge in [-0.1, -0.05) is 23.2 Å². The fourth-order valence-electron chi connectivity index (χ4n) is 4.30. The molecule has 4 heterocycles. The topological polar surface area (TPSA) is 95.5 Å². The summed E-state index contributed by atoms with van der Waals surface area (Å²) in [4.78, 5) is 25.5. The maximum absolute atomic E-state index is 13.1. The number of rotatable bonds is 5. The summed E-state index contributed by atoms with van der Waals surface area (Å²) in [7, 11) is -3.37. The Bertz CT molecular complexity index is 1140. The second-order valence-corrected chi connectivity index (χ2v) is 11.1. The summed E-state index contributed by atoms with van der Waals surface area (Å²) < 4.78 is 23.4. The summed E-state index contributed by atoms with van der Waals surface area (Å²) in [5.41, 5.74) is 1.42. The number of aromatic nitrogens is 2. The van der Waals surface area contributed by atoms with Crippen molar-refractivity contribution in [3.05, 3.63) is 40.1 Å². The first kappa shape index (κ1) is 23.1. The van der Waals surface area contributed by atoms with Crippen LogP contribution in [0.2, 0.25) is 10.0 Å². The zero-order valence-electron chi connectivity index (χ0n) is 17.9. The highest BCUT2D eigenvalue weighted by atomic mass is 35.5. The molecule has 1 unspecified atom stereocenters. The fraction of sp³-hybridized carbons (Fsp3) is 0.476. The number of aryl methyl sites for hydroxylation is 1. The van der Waals surface area contributed by atoms with Gasteiger partial charge in [0, 0.05) is 38.1 Å². The van der Waals surface area contributed by atoms with Gasteiger partial charge in [0.25, 0.3) is 0 Å². The Morgan fingerprint density at radius 1 is 1.06 bits per heavy atom. The summed E-state index contributed by atoms with van der Waals surface area (Å²) >= 11 is 12.2. The van der Waals surface area contributed by atoms with Gasteiger partial charge in [0.1, 0.15) is 11.9 Å². The SMILES string of the molecule is Cc1cc(S(C)(=O)=O)ncc1NC1CCN(C2CCN(c3ncc(Cl)cc3Cl)CC2)C1=O. The molecule has 4 rings (SSSR count). The molecule has 0 radical (unpaired) electrons. The molecule has 1 atom stereocenters. The minimum Gasteiger partial charge on any atom is -0.372 e. The highest BCUT2D eigenvalue weighted by Crippen LogP contribution is 2.31. The first-order chi connectivity index (χ1) is 15.1. The number of sulfone groups is 1. The maximum Gasteiger partial charge on any atom is 0.245 e. The minimum absolute atomic E-state index is 0.0296. The average Bonchev–Trinajstić information content (AvgIpc) is 3.09. The van der Waals surface area contributed by atoms with E-state index in [-0.39, 0.29) is 23.0 Å². The minimum atomic E-state index is -3.37. The van der Waals surface area contributed by atoms with E-state index in [4.69, 9.17) is 23.2 Å². The number of halogens is 2. The normalized spacial score (nSPS) is 20.1. The highest BCUT2D eigenvalue weighted by molar-refractivity contribution is 7.90. The van der Waals surface area contributed by atoms with Crippen LogP contribution in [-0.2, 0) is 14.6 Å². The molecular formula is C21H25Cl2N5O3S. The predicted octanol–water partition coefficient (Wildman–Crippen LogP) is 3.18. The van der Waals surface area contributed by atoms with Crippen molar-refractivity contribution in [1.82, 2.24) is 14.9 Å². The molecule has 0 aromatic carbocycles. The van der Waals surface area contributed by atoms with Gasteiger partial charge in [-0.25, -0.2) is 18.4 Å². The number of amides is 1. The molecule has 0 aliphatic carbocycles. The van der Waals surface area contributed by atoms with E-state index in [2.05, 4.69) is 20.2 Å². The van der Waals surface area contributed by atoms with Crippen molar-refractivity contribution in [2.24, 2.45) is 0 Å². The van der Waals surface area contributed by atoms with Crippen LogP contribution in [0.25, 0.3) is 0 Å². The van der Waals surface area contributed by atoms with E-state index in [1.165, 1.54) is 12.3 Å². The molecule has 11 heteroatoms. The van der Waals surface area contributed by atoms with Crippen LogP contribution in [0.1, 0.15) is 24.8 Å².